The molecule has 0 aromatic carbocycles. The molecule has 0 bridgehead atoms. The van der Waals surface area contributed by atoms with Gasteiger partial charge in [-0.2, -0.15) is 0 Å². The predicted octanol–water partition coefficient (Wildman–Crippen LogP) is 0.130. The number of rotatable bonds is 5. The smallest absolute Gasteiger partial charge is 0.253 e. The van der Waals surface area contributed by atoms with Gasteiger partial charge >= 0.3 is 0 Å². The Morgan fingerprint density at radius 2 is 2.29 bits per heavy atom. The number of carbonyl (C=O) groups excluding carboxylic acids is 2. The topological polar surface area (TPSA) is 70.7 Å². The highest BCUT2D eigenvalue weighted by atomic mass is 16.5. The molecule has 0 aromatic rings. The molecular formula is C15H27N3O3. The molecule has 2 amide bonds. The van der Waals surface area contributed by atoms with Crippen LogP contribution in [0.4, 0.5) is 0 Å². The van der Waals surface area contributed by atoms with Gasteiger partial charge in [0.1, 0.15) is 6.10 Å². The fourth-order valence-corrected chi connectivity index (χ4v) is 2.93. The molecular weight excluding hydrogens is 270 g/mol. The van der Waals surface area contributed by atoms with Crippen LogP contribution >= 0.6 is 0 Å². The van der Waals surface area contributed by atoms with Gasteiger partial charge < -0.3 is 20.3 Å². The van der Waals surface area contributed by atoms with E-state index < -0.39 is 0 Å². The van der Waals surface area contributed by atoms with Crippen molar-refractivity contribution in [2.75, 3.05) is 39.3 Å². The Morgan fingerprint density at radius 1 is 1.43 bits per heavy atom. The van der Waals surface area contributed by atoms with Crippen molar-refractivity contribution in [2.45, 2.75) is 38.7 Å². The molecule has 0 aromatic heterocycles. The number of amides is 2. The molecule has 2 heterocycles. The lowest BCUT2D eigenvalue weighted by atomic mass is 9.97. The van der Waals surface area contributed by atoms with Gasteiger partial charge in [0.2, 0.25) is 5.91 Å². The van der Waals surface area contributed by atoms with Gasteiger partial charge in [-0.3, -0.25) is 9.59 Å². The lowest BCUT2D eigenvalue weighted by Crippen LogP contribution is -2.52. The number of hydrogen-bond donors (Lipinski definition) is 2. The third kappa shape index (κ3) is 4.97. The average molecular weight is 297 g/mol. The zero-order valence-corrected chi connectivity index (χ0v) is 12.9. The number of likely N-dealkylation sites (tertiary alicyclic amines) is 1. The Hall–Kier alpha value is -1.14. The zero-order chi connectivity index (χ0) is 15.1. The zero-order valence-electron chi connectivity index (χ0n) is 12.9. The second-order valence-electron chi connectivity index (χ2n) is 5.91. The Morgan fingerprint density at radius 3 is 3.00 bits per heavy atom. The van der Waals surface area contributed by atoms with Crippen LogP contribution in [-0.4, -0.2) is 62.1 Å². The van der Waals surface area contributed by atoms with Crippen LogP contribution in [0.5, 0.6) is 0 Å². The van der Waals surface area contributed by atoms with E-state index in [1.54, 1.807) is 0 Å². The van der Waals surface area contributed by atoms with Gasteiger partial charge in [0.25, 0.3) is 5.91 Å². The summed E-state index contributed by atoms with van der Waals surface area (Å²) >= 11 is 0. The molecule has 2 fully saturated rings. The van der Waals surface area contributed by atoms with Crippen molar-refractivity contribution in [1.29, 1.82) is 0 Å². The molecule has 2 N–H and O–H groups in total. The van der Waals surface area contributed by atoms with E-state index in [2.05, 4.69) is 10.6 Å². The fraction of sp³-hybridized carbons (Fsp3) is 0.867. The molecule has 0 saturated carbocycles. The summed E-state index contributed by atoms with van der Waals surface area (Å²) in [5.41, 5.74) is 0. The Bertz CT molecular complexity index is 356. The van der Waals surface area contributed by atoms with Crippen molar-refractivity contribution in [3.63, 3.8) is 0 Å². The number of carbonyl (C=O) groups is 2. The number of hydrogen-bond acceptors (Lipinski definition) is 4. The second-order valence-corrected chi connectivity index (χ2v) is 5.91. The van der Waals surface area contributed by atoms with Crippen LogP contribution in [0, 0.1) is 5.92 Å². The van der Waals surface area contributed by atoms with E-state index in [0.717, 1.165) is 38.9 Å². The molecule has 2 unspecified atom stereocenters. The number of ether oxygens (including phenoxy) is 1. The van der Waals surface area contributed by atoms with E-state index in [-0.39, 0.29) is 17.9 Å². The molecule has 2 saturated heterocycles. The lowest BCUT2D eigenvalue weighted by molar-refractivity contribution is -0.147. The summed E-state index contributed by atoms with van der Waals surface area (Å²) in [7, 11) is 0. The van der Waals surface area contributed by atoms with E-state index in [4.69, 9.17) is 4.74 Å². The fourth-order valence-electron chi connectivity index (χ4n) is 2.93. The molecule has 2 atom stereocenters. The minimum Gasteiger partial charge on any atom is -0.366 e. The number of piperidine rings is 1. The van der Waals surface area contributed by atoms with Crippen molar-refractivity contribution < 1.29 is 14.3 Å². The molecule has 6 nitrogen and oxygen atoms in total. The Labute approximate surface area is 126 Å². The summed E-state index contributed by atoms with van der Waals surface area (Å²) in [5, 5.41) is 6.16. The monoisotopic (exact) mass is 297 g/mol. The molecule has 0 aliphatic carbocycles. The van der Waals surface area contributed by atoms with Gasteiger partial charge in [0, 0.05) is 39.1 Å². The van der Waals surface area contributed by atoms with Gasteiger partial charge in [-0.05, 0) is 25.2 Å². The molecule has 2 aliphatic heterocycles. The molecule has 21 heavy (non-hydrogen) atoms. The van der Waals surface area contributed by atoms with Crippen LogP contribution < -0.4 is 10.6 Å². The van der Waals surface area contributed by atoms with Gasteiger partial charge in [-0.1, -0.05) is 6.92 Å². The lowest BCUT2D eigenvalue weighted by Gasteiger charge is -2.36. The highest BCUT2D eigenvalue weighted by Crippen LogP contribution is 2.17. The van der Waals surface area contributed by atoms with Crippen molar-refractivity contribution in [2.24, 2.45) is 5.92 Å². The van der Waals surface area contributed by atoms with Crippen molar-refractivity contribution in [1.82, 2.24) is 15.5 Å². The molecule has 0 spiro atoms. The summed E-state index contributed by atoms with van der Waals surface area (Å²) in [6, 6.07) is 0. The highest BCUT2D eigenvalue weighted by Gasteiger charge is 2.30. The normalized spacial score (nSPS) is 26.4. The minimum atomic E-state index is -0.341. The van der Waals surface area contributed by atoms with Crippen LogP contribution in [0.3, 0.4) is 0 Å². The van der Waals surface area contributed by atoms with Crippen molar-refractivity contribution in [3.8, 4) is 0 Å². The third-order valence-electron chi connectivity index (χ3n) is 4.10. The highest BCUT2D eigenvalue weighted by molar-refractivity contribution is 5.81. The summed E-state index contributed by atoms with van der Waals surface area (Å²) in [6.45, 7) is 6.22. The maximum atomic E-state index is 12.4. The summed E-state index contributed by atoms with van der Waals surface area (Å²) < 4.78 is 5.53. The van der Waals surface area contributed by atoms with E-state index in [1.165, 1.54) is 0 Å². The van der Waals surface area contributed by atoms with E-state index in [0.29, 0.717) is 32.0 Å². The quantitative estimate of drug-likeness (QED) is 0.757. The van der Waals surface area contributed by atoms with Crippen LogP contribution in [-0.2, 0) is 14.3 Å². The Balaban J connectivity index is 1.77. The van der Waals surface area contributed by atoms with Crippen LogP contribution in [0.15, 0.2) is 0 Å². The summed E-state index contributed by atoms with van der Waals surface area (Å²) in [6.07, 6.45) is 3.18. The van der Waals surface area contributed by atoms with Gasteiger partial charge in [0.05, 0.1) is 6.61 Å². The number of nitrogens with zero attached hydrogens (tertiary/aromatic N) is 1. The maximum absolute atomic E-state index is 12.4. The van der Waals surface area contributed by atoms with Gasteiger partial charge in [-0.15, -0.1) is 0 Å². The number of nitrogens with one attached hydrogen (secondary N) is 2. The Kier molecular flexibility index (Phi) is 6.45. The van der Waals surface area contributed by atoms with Crippen molar-refractivity contribution >= 4 is 11.8 Å². The molecule has 2 aliphatic rings. The molecule has 120 valence electrons. The summed E-state index contributed by atoms with van der Waals surface area (Å²) in [4.78, 5) is 25.8. The molecule has 2 rings (SSSR count). The van der Waals surface area contributed by atoms with Crippen LogP contribution in [0.25, 0.3) is 0 Å². The standard InChI is InChI=1S/C15H27N3O3/c1-2-4-14(19)17-9-12-5-3-7-18(11-12)15(20)13-10-16-6-8-21-13/h12-13,16H,2-11H2,1H3,(H,17,19). The average Bonchev–Trinajstić information content (AvgIpc) is 2.54. The van der Waals surface area contributed by atoms with Gasteiger partial charge in [0.15, 0.2) is 0 Å². The SMILES string of the molecule is CCCC(=O)NCC1CCCN(C(=O)C2CNCCO2)C1. The molecule has 6 heteroatoms. The first-order valence-corrected chi connectivity index (χ1v) is 8.08. The summed E-state index contributed by atoms with van der Waals surface area (Å²) in [5.74, 6) is 0.563. The first kappa shape index (κ1) is 16.2. The van der Waals surface area contributed by atoms with E-state index in [1.807, 2.05) is 11.8 Å². The van der Waals surface area contributed by atoms with Crippen molar-refractivity contribution in [3.05, 3.63) is 0 Å². The first-order valence-electron chi connectivity index (χ1n) is 8.08. The van der Waals surface area contributed by atoms with Crippen LogP contribution in [0.1, 0.15) is 32.6 Å². The first-order chi connectivity index (χ1) is 10.2. The van der Waals surface area contributed by atoms with Crippen LogP contribution in [0.2, 0.25) is 0 Å². The third-order valence-corrected chi connectivity index (χ3v) is 4.10. The minimum absolute atomic E-state index is 0.0896. The second kappa shape index (κ2) is 8.34. The maximum Gasteiger partial charge on any atom is 0.253 e. The van der Waals surface area contributed by atoms with E-state index in [9.17, 15) is 9.59 Å². The largest absolute Gasteiger partial charge is 0.366 e. The molecule has 0 radical (unpaired) electrons. The van der Waals surface area contributed by atoms with E-state index >= 15 is 0 Å². The predicted molar refractivity (Wildman–Crippen MR) is 79.8 cm³/mol. The van der Waals surface area contributed by atoms with Gasteiger partial charge in [-0.25, -0.2) is 0 Å². The number of morpholine rings is 1.